The molecule has 0 aromatic heterocycles. The Labute approximate surface area is 84.0 Å². The smallest absolute Gasteiger partial charge is 0.0738 e. The van der Waals surface area contributed by atoms with Crippen molar-refractivity contribution >= 4 is 53.9 Å². The van der Waals surface area contributed by atoms with E-state index in [9.17, 15) is 0 Å². The van der Waals surface area contributed by atoms with Gasteiger partial charge in [0.05, 0.1) is 4.58 Å². The van der Waals surface area contributed by atoms with Crippen molar-refractivity contribution in [1.82, 2.24) is 0 Å². The fourth-order valence-electron chi connectivity index (χ4n) is 0.328. The molecule has 0 heterocycles. The van der Waals surface area contributed by atoms with Crippen molar-refractivity contribution < 1.29 is 0 Å². The minimum Gasteiger partial charge on any atom is -0.110 e. The summed E-state index contributed by atoms with van der Waals surface area (Å²) in [6.07, 6.45) is 2.10. The molecule has 0 radical (unpaired) electrons. The van der Waals surface area contributed by atoms with Crippen LogP contribution in [0.4, 0.5) is 0 Å². The molecule has 0 bridgehead atoms. The Morgan fingerprint density at radius 3 is 2.20 bits per heavy atom. The maximum Gasteiger partial charge on any atom is 0.0738 e. The number of rotatable bonds is 5. The fraction of sp³-hybridized carbons (Fsp3) is 1.00. The molecule has 0 amide bonds. The van der Waals surface area contributed by atoms with E-state index in [0.29, 0.717) is 10.5 Å². The van der Waals surface area contributed by atoms with Crippen LogP contribution in [0.5, 0.6) is 0 Å². The van der Waals surface area contributed by atoms with Gasteiger partial charge in [0.15, 0.2) is 0 Å². The first-order chi connectivity index (χ1) is 4.72. The molecule has 0 aliphatic heterocycles. The SMILES string of the molecule is CSSSC(SS)C(C)C. The maximum atomic E-state index is 4.20. The molecule has 0 spiro atoms. The highest BCUT2D eigenvalue weighted by Gasteiger charge is 2.12. The van der Waals surface area contributed by atoms with Crippen LogP contribution < -0.4 is 0 Å². The number of hydrogen-bond acceptors (Lipinski definition) is 5. The van der Waals surface area contributed by atoms with Gasteiger partial charge in [-0.1, -0.05) is 46.2 Å². The minimum absolute atomic E-state index is 0.612. The van der Waals surface area contributed by atoms with Crippen LogP contribution in [0.3, 0.4) is 0 Å². The molecule has 62 valence electrons. The average Bonchev–Trinajstić information content (AvgIpc) is 1.89. The molecule has 0 aliphatic carbocycles. The van der Waals surface area contributed by atoms with Gasteiger partial charge in [-0.05, 0) is 22.0 Å². The number of thiol groups is 1. The van der Waals surface area contributed by atoms with E-state index in [1.54, 1.807) is 21.6 Å². The van der Waals surface area contributed by atoms with E-state index in [1.165, 1.54) is 0 Å². The largest absolute Gasteiger partial charge is 0.110 e. The molecule has 0 rings (SSSR count). The summed E-state index contributed by atoms with van der Waals surface area (Å²) in [7, 11) is 7.16. The van der Waals surface area contributed by atoms with Crippen molar-refractivity contribution in [3.05, 3.63) is 0 Å². The summed E-state index contributed by atoms with van der Waals surface area (Å²) in [5.41, 5.74) is 0. The van der Waals surface area contributed by atoms with E-state index in [4.69, 9.17) is 0 Å². The Kier molecular flexibility index (Phi) is 8.70. The van der Waals surface area contributed by atoms with Crippen LogP contribution in [-0.2, 0) is 0 Å². The molecule has 0 aromatic rings. The standard InChI is InChI=1S/C5H12S5/c1-4(2)5(8-6)9-10-7-3/h4-6H,1-3H3. The van der Waals surface area contributed by atoms with Crippen LogP contribution in [-0.4, -0.2) is 10.8 Å². The van der Waals surface area contributed by atoms with Crippen LogP contribution in [0.15, 0.2) is 0 Å². The Balaban J connectivity index is 3.40. The molecule has 1 unspecified atom stereocenters. The summed E-state index contributed by atoms with van der Waals surface area (Å²) in [5.74, 6) is 0.701. The predicted octanol–water partition coefficient (Wildman–Crippen LogP) is 4.21. The second kappa shape index (κ2) is 7.40. The van der Waals surface area contributed by atoms with Gasteiger partial charge in [0.2, 0.25) is 0 Å². The van der Waals surface area contributed by atoms with Crippen LogP contribution >= 0.6 is 53.9 Å². The van der Waals surface area contributed by atoms with Gasteiger partial charge in [-0.25, -0.2) is 0 Å². The third kappa shape index (κ3) is 5.41. The maximum absolute atomic E-state index is 4.20. The third-order valence-corrected chi connectivity index (χ3v) is 7.80. The zero-order chi connectivity index (χ0) is 7.98. The zero-order valence-electron chi connectivity index (χ0n) is 6.23. The van der Waals surface area contributed by atoms with Crippen molar-refractivity contribution in [3.8, 4) is 0 Å². The quantitative estimate of drug-likeness (QED) is 0.428. The molecule has 5 heteroatoms. The van der Waals surface area contributed by atoms with Gasteiger partial charge in [-0.15, -0.1) is 11.7 Å². The van der Waals surface area contributed by atoms with Crippen molar-refractivity contribution in [2.24, 2.45) is 5.92 Å². The summed E-state index contributed by atoms with van der Waals surface area (Å²) >= 11 is 4.20. The van der Waals surface area contributed by atoms with Gasteiger partial charge in [0, 0.05) is 0 Å². The molecule has 0 saturated heterocycles. The Morgan fingerprint density at radius 2 is 1.90 bits per heavy atom. The van der Waals surface area contributed by atoms with Gasteiger partial charge >= 0.3 is 0 Å². The summed E-state index contributed by atoms with van der Waals surface area (Å²) in [6, 6.07) is 0. The Hall–Kier alpha value is 1.75. The lowest BCUT2D eigenvalue weighted by Gasteiger charge is -2.14. The molecular weight excluding hydrogens is 220 g/mol. The van der Waals surface area contributed by atoms with Gasteiger partial charge < -0.3 is 0 Å². The van der Waals surface area contributed by atoms with E-state index >= 15 is 0 Å². The first-order valence-electron chi connectivity index (χ1n) is 2.88. The molecular formula is C5H12S5. The Morgan fingerprint density at radius 1 is 1.30 bits per heavy atom. The fourth-order valence-corrected chi connectivity index (χ4v) is 6.49. The summed E-state index contributed by atoms with van der Waals surface area (Å²) < 4.78 is 0.612. The molecule has 0 aromatic carbocycles. The van der Waals surface area contributed by atoms with Crippen LogP contribution in [0.2, 0.25) is 0 Å². The van der Waals surface area contributed by atoms with Crippen LogP contribution in [0.25, 0.3) is 0 Å². The van der Waals surface area contributed by atoms with Gasteiger partial charge in [-0.2, -0.15) is 0 Å². The van der Waals surface area contributed by atoms with E-state index in [0.717, 1.165) is 0 Å². The van der Waals surface area contributed by atoms with E-state index in [2.05, 4.69) is 31.8 Å². The van der Waals surface area contributed by atoms with Crippen molar-refractivity contribution in [2.45, 2.75) is 18.4 Å². The molecule has 0 N–H and O–H groups in total. The Bertz CT molecular complexity index is 74.4. The molecule has 0 fully saturated rings. The first kappa shape index (κ1) is 11.8. The van der Waals surface area contributed by atoms with Gasteiger partial charge in [0.1, 0.15) is 0 Å². The lowest BCUT2D eigenvalue weighted by Crippen LogP contribution is -2.01. The monoisotopic (exact) mass is 232 g/mol. The predicted molar refractivity (Wildman–Crippen MR) is 63.9 cm³/mol. The zero-order valence-corrected chi connectivity index (χ0v) is 10.4. The normalized spacial score (nSPS) is 14.1. The van der Waals surface area contributed by atoms with Gasteiger partial charge in [0.25, 0.3) is 0 Å². The van der Waals surface area contributed by atoms with Crippen molar-refractivity contribution in [3.63, 3.8) is 0 Å². The highest BCUT2D eigenvalue weighted by Crippen LogP contribution is 2.44. The topological polar surface area (TPSA) is 0 Å². The molecule has 0 saturated carbocycles. The van der Waals surface area contributed by atoms with E-state index in [-0.39, 0.29) is 0 Å². The van der Waals surface area contributed by atoms with Crippen LogP contribution in [0.1, 0.15) is 13.8 Å². The summed E-state index contributed by atoms with van der Waals surface area (Å²) in [4.78, 5) is 0. The highest BCUT2D eigenvalue weighted by molar-refractivity contribution is 9.10. The second-order valence-corrected chi connectivity index (χ2v) is 8.08. The molecule has 0 nitrogen and oxygen atoms in total. The number of hydrogen-bond donors (Lipinski definition) is 1. The summed E-state index contributed by atoms with van der Waals surface area (Å²) in [5, 5.41) is 0. The average molecular weight is 232 g/mol. The molecule has 0 aliphatic rings. The lowest BCUT2D eigenvalue weighted by atomic mass is 10.3. The second-order valence-electron chi connectivity index (χ2n) is 2.05. The third-order valence-electron chi connectivity index (χ3n) is 0.850. The van der Waals surface area contributed by atoms with E-state index < -0.39 is 0 Å². The highest BCUT2D eigenvalue weighted by atomic mass is 33.5. The van der Waals surface area contributed by atoms with Crippen LogP contribution in [0, 0.1) is 5.92 Å². The van der Waals surface area contributed by atoms with E-state index in [1.807, 2.05) is 20.6 Å². The first-order valence-corrected chi connectivity index (χ1v) is 8.77. The van der Waals surface area contributed by atoms with Gasteiger partial charge in [-0.3, -0.25) is 0 Å². The van der Waals surface area contributed by atoms with Crippen molar-refractivity contribution in [2.75, 3.05) is 6.26 Å². The minimum atomic E-state index is 0.612. The lowest BCUT2D eigenvalue weighted by molar-refractivity contribution is 0.725. The molecule has 1 atom stereocenters. The molecule has 10 heavy (non-hydrogen) atoms. The van der Waals surface area contributed by atoms with Crippen molar-refractivity contribution in [1.29, 1.82) is 0 Å². The summed E-state index contributed by atoms with van der Waals surface area (Å²) in [6.45, 7) is 4.45.